The first-order valence-corrected chi connectivity index (χ1v) is 8.31. The van der Waals surface area contributed by atoms with E-state index in [-0.39, 0.29) is 0 Å². The van der Waals surface area contributed by atoms with E-state index in [1.54, 1.807) is 0 Å². The van der Waals surface area contributed by atoms with Crippen molar-refractivity contribution in [3.8, 4) is 0 Å². The summed E-state index contributed by atoms with van der Waals surface area (Å²) in [7, 11) is 0. The van der Waals surface area contributed by atoms with Gasteiger partial charge in [-0.05, 0) is 53.4 Å². The molecule has 0 saturated carbocycles. The maximum atomic E-state index is 2.29. The van der Waals surface area contributed by atoms with Crippen LogP contribution in [0.4, 0.5) is 0 Å². The van der Waals surface area contributed by atoms with Crippen LogP contribution in [0.5, 0.6) is 0 Å². The molecule has 0 heteroatoms. The Morgan fingerprint density at radius 3 is 1.24 bits per heavy atom. The maximum Gasteiger partial charge on any atom is -0.00258 e. The molecule has 0 fully saturated rings. The quantitative estimate of drug-likeness (QED) is 0.582. The zero-order valence-electron chi connectivity index (χ0n) is 13.9. The van der Waals surface area contributed by atoms with Gasteiger partial charge in [0.2, 0.25) is 0 Å². The van der Waals surface area contributed by atoms with Gasteiger partial charge in [0.1, 0.15) is 0 Å². The first-order chi connectivity index (χ1) is 10.1. The van der Waals surface area contributed by atoms with Gasteiger partial charge in [0.05, 0.1) is 0 Å². The van der Waals surface area contributed by atoms with Crippen LogP contribution < -0.4 is 0 Å². The molecule has 0 saturated heterocycles. The lowest BCUT2D eigenvalue weighted by molar-refractivity contribution is 0.732. The molecule has 112 valence electrons. The minimum atomic E-state index is 0.661. The minimum absolute atomic E-state index is 0.661. The molecule has 0 N–H and O–H groups in total. The molecule has 0 aliphatic heterocycles. The number of benzene rings is 2. The van der Waals surface area contributed by atoms with Gasteiger partial charge in [-0.15, -0.1) is 0 Å². The van der Waals surface area contributed by atoms with Gasteiger partial charge in [-0.1, -0.05) is 76.2 Å². The third-order valence-electron chi connectivity index (χ3n) is 4.73. The Bertz CT molecular complexity index is 482. The standard InChI is InChI=1S/C21H28/c1-5-16(3)20-11-7-18(8-12-20)15-19-9-13-21(14-10-19)17(4)6-2/h7-14,16-17H,5-6,15H2,1-4H3. The molecule has 0 aromatic heterocycles. The van der Waals surface area contributed by atoms with E-state index < -0.39 is 0 Å². The van der Waals surface area contributed by atoms with Gasteiger partial charge < -0.3 is 0 Å². The lowest BCUT2D eigenvalue weighted by atomic mass is 9.94. The van der Waals surface area contributed by atoms with Gasteiger partial charge in [-0.3, -0.25) is 0 Å². The Balaban J connectivity index is 2.04. The highest BCUT2D eigenvalue weighted by molar-refractivity contribution is 5.32. The molecule has 0 aliphatic rings. The van der Waals surface area contributed by atoms with Crippen LogP contribution in [0.2, 0.25) is 0 Å². The number of rotatable bonds is 6. The SMILES string of the molecule is CCC(C)c1ccc(Cc2ccc(C(C)CC)cc2)cc1. The minimum Gasteiger partial charge on any atom is -0.0648 e. The fraction of sp³-hybridized carbons (Fsp3) is 0.429. The van der Waals surface area contributed by atoms with Crippen LogP contribution in [-0.2, 0) is 6.42 Å². The van der Waals surface area contributed by atoms with Gasteiger partial charge in [-0.2, -0.15) is 0 Å². The van der Waals surface area contributed by atoms with Gasteiger partial charge in [-0.25, -0.2) is 0 Å². The van der Waals surface area contributed by atoms with Crippen molar-refractivity contribution in [2.24, 2.45) is 0 Å². The zero-order valence-corrected chi connectivity index (χ0v) is 13.9. The van der Waals surface area contributed by atoms with E-state index in [1.807, 2.05) is 0 Å². The van der Waals surface area contributed by atoms with Crippen LogP contribution in [0.3, 0.4) is 0 Å². The summed E-state index contributed by atoms with van der Waals surface area (Å²) in [6.45, 7) is 9.08. The summed E-state index contributed by atoms with van der Waals surface area (Å²) in [4.78, 5) is 0. The van der Waals surface area contributed by atoms with Gasteiger partial charge in [0.25, 0.3) is 0 Å². The number of hydrogen-bond acceptors (Lipinski definition) is 0. The predicted octanol–water partition coefficient (Wildman–Crippen LogP) is 6.30. The Morgan fingerprint density at radius 1 is 0.619 bits per heavy atom. The van der Waals surface area contributed by atoms with Crippen molar-refractivity contribution in [1.29, 1.82) is 0 Å². The van der Waals surface area contributed by atoms with Crippen molar-refractivity contribution in [2.45, 2.75) is 58.8 Å². The lowest BCUT2D eigenvalue weighted by Gasteiger charge is -2.11. The highest BCUT2D eigenvalue weighted by Gasteiger charge is 2.04. The highest BCUT2D eigenvalue weighted by atomic mass is 14.1. The molecule has 0 bridgehead atoms. The Hall–Kier alpha value is -1.56. The molecule has 0 amide bonds. The van der Waals surface area contributed by atoms with Crippen molar-refractivity contribution in [3.05, 3.63) is 70.8 Å². The van der Waals surface area contributed by atoms with Crippen LogP contribution in [0.15, 0.2) is 48.5 Å². The van der Waals surface area contributed by atoms with Crippen molar-refractivity contribution in [1.82, 2.24) is 0 Å². The smallest absolute Gasteiger partial charge is 0.00258 e. The van der Waals surface area contributed by atoms with E-state index in [2.05, 4.69) is 76.2 Å². The normalized spacial score (nSPS) is 13.9. The molecule has 0 radical (unpaired) electrons. The van der Waals surface area contributed by atoms with Gasteiger partial charge >= 0.3 is 0 Å². The zero-order chi connectivity index (χ0) is 15.2. The highest BCUT2D eigenvalue weighted by Crippen LogP contribution is 2.22. The second-order valence-electron chi connectivity index (χ2n) is 6.28. The average Bonchev–Trinajstić information content (AvgIpc) is 2.55. The van der Waals surface area contributed by atoms with E-state index in [4.69, 9.17) is 0 Å². The first-order valence-electron chi connectivity index (χ1n) is 8.31. The lowest BCUT2D eigenvalue weighted by Crippen LogP contribution is -1.94. The van der Waals surface area contributed by atoms with Crippen LogP contribution in [0, 0.1) is 0 Å². The molecule has 0 spiro atoms. The second-order valence-corrected chi connectivity index (χ2v) is 6.28. The molecular formula is C21H28. The third-order valence-corrected chi connectivity index (χ3v) is 4.73. The van der Waals surface area contributed by atoms with E-state index in [0.29, 0.717) is 11.8 Å². The average molecular weight is 280 g/mol. The van der Waals surface area contributed by atoms with Gasteiger partial charge in [0.15, 0.2) is 0 Å². The fourth-order valence-corrected chi connectivity index (χ4v) is 2.64. The van der Waals surface area contributed by atoms with Gasteiger partial charge in [0, 0.05) is 0 Å². The van der Waals surface area contributed by atoms with Crippen molar-refractivity contribution in [3.63, 3.8) is 0 Å². The summed E-state index contributed by atoms with van der Waals surface area (Å²) in [5.74, 6) is 1.32. The first kappa shape index (κ1) is 15.8. The molecule has 0 heterocycles. The molecule has 2 aromatic rings. The fourth-order valence-electron chi connectivity index (χ4n) is 2.64. The molecule has 0 nitrogen and oxygen atoms in total. The van der Waals surface area contributed by atoms with Crippen LogP contribution in [-0.4, -0.2) is 0 Å². The molecule has 0 aliphatic carbocycles. The van der Waals surface area contributed by atoms with Crippen molar-refractivity contribution >= 4 is 0 Å². The molecule has 2 rings (SSSR count). The van der Waals surface area contributed by atoms with E-state index in [9.17, 15) is 0 Å². The topological polar surface area (TPSA) is 0 Å². The summed E-state index contributed by atoms with van der Waals surface area (Å²) in [5, 5.41) is 0. The Labute approximate surface area is 130 Å². The van der Waals surface area contributed by atoms with E-state index in [0.717, 1.165) is 6.42 Å². The molecular weight excluding hydrogens is 252 g/mol. The summed E-state index contributed by atoms with van der Waals surface area (Å²) in [5.41, 5.74) is 5.71. The number of hydrogen-bond donors (Lipinski definition) is 0. The molecule has 2 aromatic carbocycles. The van der Waals surface area contributed by atoms with Crippen molar-refractivity contribution in [2.75, 3.05) is 0 Å². The van der Waals surface area contributed by atoms with Crippen LogP contribution in [0.1, 0.15) is 74.6 Å². The van der Waals surface area contributed by atoms with Crippen LogP contribution in [0.25, 0.3) is 0 Å². The molecule has 21 heavy (non-hydrogen) atoms. The molecule has 2 unspecified atom stereocenters. The monoisotopic (exact) mass is 280 g/mol. The largest absolute Gasteiger partial charge is 0.0648 e. The van der Waals surface area contributed by atoms with Crippen molar-refractivity contribution < 1.29 is 0 Å². The summed E-state index contributed by atoms with van der Waals surface area (Å²) in [6, 6.07) is 18.3. The third kappa shape index (κ3) is 4.20. The maximum absolute atomic E-state index is 2.29. The Morgan fingerprint density at radius 2 is 0.952 bits per heavy atom. The van der Waals surface area contributed by atoms with E-state index >= 15 is 0 Å². The summed E-state index contributed by atoms with van der Waals surface area (Å²) < 4.78 is 0. The molecule has 2 atom stereocenters. The second kappa shape index (κ2) is 7.45. The predicted molar refractivity (Wildman–Crippen MR) is 93.1 cm³/mol. The summed E-state index contributed by atoms with van der Waals surface area (Å²) >= 11 is 0. The van der Waals surface area contributed by atoms with Crippen LogP contribution >= 0.6 is 0 Å². The Kier molecular flexibility index (Phi) is 5.61. The van der Waals surface area contributed by atoms with E-state index in [1.165, 1.54) is 35.1 Å². The summed E-state index contributed by atoms with van der Waals surface area (Å²) in [6.07, 6.45) is 3.44.